The summed E-state index contributed by atoms with van der Waals surface area (Å²) in [6.45, 7) is 3.81. The third kappa shape index (κ3) is 3.21. The molecule has 2 heterocycles. The fraction of sp³-hybridized carbons (Fsp3) is 0.0952. The van der Waals surface area contributed by atoms with Crippen molar-refractivity contribution < 1.29 is 4.79 Å². The SMILES string of the molecule is Cc1ccc(-c2csc3ncc(C(=O)Nc4cccc(Cl)c4C)c(=O)n23)cc1. The Bertz CT molecular complexity index is 1260. The topological polar surface area (TPSA) is 63.5 Å². The Balaban J connectivity index is 1.78. The number of amides is 1. The predicted molar refractivity (Wildman–Crippen MR) is 114 cm³/mol. The quantitative estimate of drug-likeness (QED) is 0.521. The lowest BCUT2D eigenvalue weighted by atomic mass is 10.1. The van der Waals surface area contributed by atoms with Crippen molar-refractivity contribution >= 4 is 39.5 Å². The van der Waals surface area contributed by atoms with Crippen LogP contribution in [0.5, 0.6) is 0 Å². The average Bonchev–Trinajstić information content (AvgIpc) is 3.11. The van der Waals surface area contributed by atoms with Crippen LogP contribution in [0.3, 0.4) is 0 Å². The van der Waals surface area contributed by atoms with Gasteiger partial charge in [-0.05, 0) is 37.1 Å². The number of aryl methyl sites for hydroxylation is 1. The van der Waals surface area contributed by atoms with Gasteiger partial charge in [0.1, 0.15) is 5.56 Å². The highest BCUT2D eigenvalue weighted by atomic mass is 35.5. The summed E-state index contributed by atoms with van der Waals surface area (Å²) in [5.41, 5.74) is 3.61. The van der Waals surface area contributed by atoms with Gasteiger partial charge in [0, 0.05) is 22.3 Å². The lowest BCUT2D eigenvalue weighted by Gasteiger charge is -2.09. The molecule has 28 heavy (non-hydrogen) atoms. The normalized spacial score (nSPS) is 11.0. The van der Waals surface area contributed by atoms with E-state index in [9.17, 15) is 9.59 Å². The van der Waals surface area contributed by atoms with E-state index >= 15 is 0 Å². The maximum Gasteiger partial charge on any atom is 0.271 e. The van der Waals surface area contributed by atoms with Crippen LogP contribution in [-0.4, -0.2) is 15.3 Å². The summed E-state index contributed by atoms with van der Waals surface area (Å²) in [4.78, 5) is 30.7. The molecular formula is C21H16ClN3O2S. The van der Waals surface area contributed by atoms with E-state index in [1.54, 1.807) is 25.1 Å². The first-order chi connectivity index (χ1) is 13.5. The summed E-state index contributed by atoms with van der Waals surface area (Å²) in [6, 6.07) is 13.1. The molecule has 0 fully saturated rings. The van der Waals surface area contributed by atoms with Gasteiger partial charge in [-0.1, -0.05) is 47.5 Å². The van der Waals surface area contributed by atoms with E-state index in [2.05, 4.69) is 10.3 Å². The van der Waals surface area contributed by atoms with Crippen LogP contribution in [0.25, 0.3) is 16.2 Å². The standard InChI is InChI=1S/C21H16ClN3O2S/c1-12-6-8-14(9-7-12)18-11-28-21-23-10-15(20(27)25(18)21)19(26)24-17-5-3-4-16(22)13(17)2/h3-11H,1-2H3,(H,24,26). The first-order valence-corrected chi connectivity index (χ1v) is 9.84. The van der Waals surface area contributed by atoms with Gasteiger partial charge in [-0.2, -0.15) is 0 Å². The van der Waals surface area contributed by atoms with Gasteiger partial charge in [0.15, 0.2) is 4.96 Å². The number of nitrogens with zero attached hydrogens (tertiary/aromatic N) is 2. The van der Waals surface area contributed by atoms with E-state index in [0.29, 0.717) is 21.4 Å². The van der Waals surface area contributed by atoms with E-state index in [1.165, 1.54) is 21.9 Å². The first-order valence-electron chi connectivity index (χ1n) is 8.58. The molecule has 0 unspecified atom stereocenters. The van der Waals surface area contributed by atoms with Crippen molar-refractivity contribution in [2.45, 2.75) is 13.8 Å². The zero-order valence-corrected chi connectivity index (χ0v) is 16.8. The average molecular weight is 410 g/mol. The number of rotatable bonds is 3. The Labute approximate surface area is 170 Å². The fourth-order valence-electron chi connectivity index (χ4n) is 2.91. The number of thiazole rings is 1. The summed E-state index contributed by atoms with van der Waals surface area (Å²) >= 11 is 7.47. The molecule has 0 atom stereocenters. The van der Waals surface area contributed by atoms with Gasteiger partial charge in [-0.3, -0.25) is 14.0 Å². The highest BCUT2D eigenvalue weighted by Gasteiger charge is 2.18. The number of nitrogens with one attached hydrogen (secondary N) is 1. The smallest absolute Gasteiger partial charge is 0.271 e. The van der Waals surface area contributed by atoms with Crippen LogP contribution in [0.2, 0.25) is 5.02 Å². The number of carbonyl (C=O) groups is 1. The Hall–Kier alpha value is -2.96. The molecule has 4 aromatic rings. The van der Waals surface area contributed by atoms with Crippen LogP contribution >= 0.6 is 22.9 Å². The minimum atomic E-state index is -0.515. The Morgan fingerprint density at radius 3 is 2.64 bits per heavy atom. The minimum absolute atomic E-state index is 0.0244. The minimum Gasteiger partial charge on any atom is -0.321 e. The number of carbonyl (C=O) groups excluding carboxylic acids is 1. The lowest BCUT2D eigenvalue weighted by Crippen LogP contribution is -2.26. The molecule has 7 heteroatoms. The third-order valence-electron chi connectivity index (χ3n) is 4.55. The van der Waals surface area contributed by atoms with Gasteiger partial charge in [0.25, 0.3) is 11.5 Å². The molecule has 0 aliphatic carbocycles. The van der Waals surface area contributed by atoms with Gasteiger partial charge < -0.3 is 5.32 Å². The van der Waals surface area contributed by atoms with Crippen molar-refractivity contribution in [3.8, 4) is 11.3 Å². The summed E-state index contributed by atoms with van der Waals surface area (Å²) < 4.78 is 1.48. The van der Waals surface area contributed by atoms with Gasteiger partial charge in [-0.15, -0.1) is 11.3 Å². The molecule has 0 aliphatic rings. The van der Waals surface area contributed by atoms with Crippen LogP contribution in [0, 0.1) is 13.8 Å². The number of aromatic nitrogens is 2. The Morgan fingerprint density at radius 2 is 1.89 bits per heavy atom. The van der Waals surface area contributed by atoms with Crippen LogP contribution in [0.15, 0.2) is 58.8 Å². The molecule has 2 aromatic carbocycles. The second-order valence-corrected chi connectivity index (χ2v) is 7.69. The van der Waals surface area contributed by atoms with Crippen molar-refractivity contribution in [2.75, 3.05) is 5.32 Å². The van der Waals surface area contributed by atoms with Crippen molar-refractivity contribution in [3.63, 3.8) is 0 Å². The van der Waals surface area contributed by atoms with Crippen LogP contribution in [0.4, 0.5) is 5.69 Å². The molecule has 0 saturated heterocycles. The molecule has 5 nitrogen and oxygen atoms in total. The van der Waals surface area contributed by atoms with E-state index in [-0.39, 0.29) is 5.56 Å². The van der Waals surface area contributed by atoms with Crippen molar-refractivity contribution in [1.82, 2.24) is 9.38 Å². The van der Waals surface area contributed by atoms with Gasteiger partial charge >= 0.3 is 0 Å². The first kappa shape index (κ1) is 18.4. The lowest BCUT2D eigenvalue weighted by molar-refractivity contribution is 0.102. The second-order valence-electron chi connectivity index (χ2n) is 6.45. The van der Waals surface area contributed by atoms with Crippen LogP contribution in [0.1, 0.15) is 21.5 Å². The van der Waals surface area contributed by atoms with Crippen molar-refractivity contribution in [1.29, 1.82) is 0 Å². The number of hydrogen-bond acceptors (Lipinski definition) is 4. The highest BCUT2D eigenvalue weighted by molar-refractivity contribution is 7.15. The molecule has 0 saturated carbocycles. The number of fused-ring (bicyclic) bond motifs is 1. The molecule has 4 rings (SSSR count). The van der Waals surface area contributed by atoms with Crippen molar-refractivity contribution in [2.24, 2.45) is 0 Å². The van der Waals surface area contributed by atoms with E-state index < -0.39 is 11.5 Å². The Morgan fingerprint density at radius 1 is 1.14 bits per heavy atom. The predicted octanol–water partition coefficient (Wildman–Crippen LogP) is 4.95. The van der Waals surface area contributed by atoms with Crippen LogP contribution < -0.4 is 10.9 Å². The number of hydrogen-bond donors (Lipinski definition) is 1. The van der Waals surface area contributed by atoms with E-state index in [1.807, 2.05) is 36.6 Å². The fourth-order valence-corrected chi connectivity index (χ4v) is 3.94. The summed E-state index contributed by atoms with van der Waals surface area (Å²) in [7, 11) is 0. The molecular weight excluding hydrogens is 394 g/mol. The monoisotopic (exact) mass is 409 g/mol. The number of anilines is 1. The molecule has 140 valence electrons. The van der Waals surface area contributed by atoms with Gasteiger partial charge in [0.05, 0.1) is 5.69 Å². The largest absolute Gasteiger partial charge is 0.321 e. The summed E-state index contributed by atoms with van der Waals surface area (Å²) in [5.74, 6) is -0.515. The number of benzene rings is 2. The molecule has 1 amide bonds. The highest BCUT2D eigenvalue weighted by Crippen LogP contribution is 2.25. The third-order valence-corrected chi connectivity index (χ3v) is 5.80. The zero-order valence-electron chi connectivity index (χ0n) is 15.2. The maximum absolute atomic E-state index is 13.1. The molecule has 0 bridgehead atoms. The molecule has 0 aliphatic heterocycles. The van der Waals surface area contributed by atoms with Gasteiger partial charge in [0.2, 0.25) is 0 Å². The number of halogens is 1. The summed E-state index contributed by atoms with van der Waals surface area (Å²) in [6.07, 6.45) is 1.32. The molecule has 0 radical (unpaired) electrons. The van der Waals surface area contributed by atoms with Gasteiger partial charge in [-0.25, -0.2) is 4.98 Å². The summed E-state index contributed by atoms with van der Waals surface area (Å²) in [5, 5.41) is 5.17. The zero-order chi connectivity index (χ0) is 19.8. The molecule has 0 spiro atoms. The van der Waals surface area contributed by atoms with E-state index in [4.69, 9.17) is 11.6 Å². The van der Waals surface area contributed by atoms with E-state index in [0.717, 1.165) is 16.7 Å². The molecule has 2 aromatic heterocycles. The maximum atomic E-state index is 13.1. The van der Waals surface area contributed by atoms with Crippen molar-refractivity contribution in [3.05, 3.63) is 86.1 Å². The van der Waals surface area contributed by atoms with Crippen LogP contribution in [-0.2, 0) is 0 Å². The second kappa shape index (κ2) is 7.22. The Kier molecular flexibility index (Phi) is 4.75. The molecule has 1 N–H and O–H groups in total.